The van der Waals surface area contributed by atoms with Gasteiger partial charge in [-0.15, -0.1) is 12.4 Å². The van der Waals surface area contributed by atoms with Gasteiger partial charge < -0.3 is 10.6 Å². The number of likely N-dealkylation sites (N-methyl/N-ethyl adjacent to an activating group) is 1. The molecule has 1 aromatic rings. The van der Waals surface area contributed by atoms with Crippen molar-refractivity contribution in [1.29, 1.82) is 0 Å². The Morgan fingerprint density at radius 2 is 2.17 bits per heavy atom. The number of hydrogen-bond acceptors (Lipinski definition) is 2. The highest BCUT2D eigenvalue weighted by Crippen LogP contribution is 2.21. The molecule has 0 unspecified atom stereocenters. The average Bonchev–Trinajstić information content (AvgIpc) is 2.26. The first-order chi connectivity index (χ1) is 8.04. The summed E-state index contributed by atoms with van der Waals surface area (Å²) in [7, 11) is 0. The van der Waals surface area contributed by atoms with Gasteiger partial charge >= 0.3 is 0 Å². The Morgan fingerprint density at radius 3 is 2.72 bits per heavy atom. The quantitative estimate of drug-likeness (QED) is 0.851. The number of hydrogen-bond donors (Lipinski definition) is 2. The number of carbonyl (C=O) groups excluding carboxylic acids is 1. The van der Waals surface area contributed by atoms with E-state index in [1.54, 1.807) is 18.2 Å². The fourth-order valence-electron chi connectivity index (χ4n) is 1.44. The summed E-state index contributed by atoms with van der Waals surface area (Å²) in [5.41, 5.74) is 0.499. The lowest BCUT2D eigenvalue weighted by atomic mass is 10.2. The zero-order chi connectivity index (χ0) is 12.8. The smallest absolute Gasteiger partial charge is 0.252 e. The molecule has 1 atom stereocenters. The van der Waals surface area contributed by atoms with E-state index in [2.05, 4.69) is 26.6 Å². The van der Waals surface area contributed by atoms with Crippen LogP contribution in [0.15, 0.2) is 22.7 Å². The van der Waals surface area contributed by atoms with Crippen molar-refractivity contribution in [2.75, 3.05) is 13.1 Å². The monoisotopic (exact) mass is 354 g/mol. The van der Waals surface area contributed by atoms with E-state index in [1.807, 2.05) is 13.8 Å². The molecule has 0 aliphatic rings. The Hall–Kier alpha value is -0.290. The van der Waals surface area contributed by atoms with Crippen molar-refractivity contribution in [3.63, 3.8) is 0 Å². The Labute approximate surface area is 127 Å². The third-order valence-corrected chi connectivity index (χ3v) is 3.10. The van der Waals surface area contributed by atoms with E-state index in [0.29, 0.717) is 17.1 Å². The zero-order valence-electron chi connectivity index (χ0n) is 10.3. The molecule has 0 saturated heterocycles. The van der Waals surface area contributed by atoms with Crippen LogP contribution in [0, 0.1) is 0 Å². The molecule has 0 fully saturated rings. The van der Waals surface area contributed by atoms with Gasteiger partial charge in [-0.3, -0.25) is 4.79 Å². The van der Waals surface area contributed by atoms with Crippen LogP contribution in [0.2, 0.25) is 5.02 Å². The highest BCUT2D eigenvalue weighted by molar-refractivity contribution is 9.10. The maximum atomic E-state index is 11.8. The lowest BCUT2D eigenvalue weighted by molar-refractivity contribution is 0.0950. The normalized spacial score (nSPS) is 11.6. The lowest BCUT2D eigenvalue weighted by Crippen LogP contribution is -2.38. The number of carbonyl (C=O) groups is 1. The molecular formula is C12H17BrCl2N2O. The topological polar surface area (TPSA) is 41.1 Å². The molecule has 18 heavy (non-hydrogen) atoms. The van der Waals surface area contributed by atoms with Crippen molar-refractivity contribution in [2.24, 2.45) is 0 Å². The van der Waals surface area contributed by atoms with E-state index in [9.17, 15) is 4.79 Å². The summed E-state index contributed by atoms with van der Waals surface area (Å²) in [5, 5.41) is 6.52. The van der Waals surface area contributed by atoms with E-state index in [1.165, 1.54) is 0 Å². The number of nitrogens with one attached hydrogen (secondary N) is 2. The molecule has 0 spiro atoms. The summed E-state index contributed by atoms with van der Waals surface area (Å²) in [5.74, 6) is -0.146. The first-order valence-corrected chi connectivity index (χ1v) is 6.68. The van der Waals surface area contributed by atoms with E-state index < -0.39 is 0 Å². The van der Waals surface area contributed by atoms with Crippen LogP contribution >= 0.6 is 39.9 Å². The number of halogens is 3. The van der Waals surface area contributed by atoms with Gasteiger partial charge in [0.2, 0.25) is 0 Å². The summed E-state index contributed by atoms with van der Waals surface area (Å²) in [6.45, 7) is 5.52. The molecule has 102 valence electrons. The lowest BCUT2D eigenvalue weighted by Gasteiger charge is -2.13. The van der Waals surface area contributed by atoms with Crippen LogP contribution in [-0.2, 0) is 0 Å². The van der Waals surface area contributed by atoms with Gasteiger partial charge in [0.15, 0.2) is 0 Å². The maximum absolute atomic E-state index is 11.8. The van der Waals surface area contributed by atoms with Gasteiger partial charge in [-0.25, -0.2) is 0 Å². The van der Waals surface area contributed by atoms with Crippen molar-refractivity contribution < 1.29 is 4.79 Å². The molecule has 1 aromatic carbocycles. The van der Waals surface area contributed by atoms with Gasteiger partial charge in [-0.1, -0.05) is 34.5 Å². The highest BCUT2D eigenvalue weighted by Gasteiger charge is 2.11. The van der Waals surface area contributed by atoms with Crippen LogP contribution in [-0.4, -0.2) is 25.0 Å². The molecule has 0 bridgehead atoms. The van der Waals surface area contributed by atoms with Crippen molar-refractivity contribution in [2.45, 2.75) is 19.9 Å². The number of benzene rings is 1. The van der Waals surface area contributed by atoms with Crippen molar-refractivity contribution >= 4 is 45.8 Å². The minimum Gasteiger partial charge on any atom is -0.350 e. The molecule has 0 aromatic heterocycles. The molecule has 2 N–H and O–H groups in total. The predicted octanol–water partition coefficient (Wildman–Crippen LogP) is 3.25. The number of rotatable bonds is 5. The first kappa shape index (κ1) is 17.7. The SMILES string of the molecule is CCN[C@H](C)CNC(=O)c1ccc(Br)cc1Cl.Cl. The molecule has 0 radical (unpaired) electrons. The summed E-state index contributed by atoms with van der Waals surface area (Å²) in [6, 6.07) is 5.47. The van der Waals surface area contributed by atoms with Crippen molar-refractivity contribution in [3.8, 4) is 0 Å². The molecule has 0 saturated carbocycles. The van der Waals surface area contributed by atoms with Crippen molar-refractivity contribution in [1.82, 2.24) is 10.6 Å². The minimum absolute atomic E-state index is 0. The molecule has 0 aliphatic carbocycles. The Kier molecular flexibility index (Phi) is 8.61. The summed E-state index contributed by atoms with van der Waals surface area (Å²) < 4.78 is 0.861. The fourth-order valence-corrected chi connectivity index (χ4v) is 2.19. The maximum Gasteiger partial charge on any atom is 0.252 e. The van der Waals surface area contributed by atoms with E-state index in [4.69, 9.17) is 11.6 Å². The summed E-state index contributed by atoms with van der Waals surface area (Å²) in [6.07, 6.45) is 0. The molecule has 0 heterocycles. The van der Waals surface area contributed by atoms with Gasteiger partial charge in [0.05, 0.1) is 10.6 Å². The molecule has 1 rings (SSSR count). The van der Waals surface area contributed by atoms with Gasteiger partial charge in [0.1, 0.15) is 0 Å². The third-order valence-electron chi connectivity index (χ3n) is 2.30. The van der Waals surface area contributed by atoms with E-state index in [0.717, 1.165) is 11.0 Å². The second-order valence-electron chi connectivity index (χ2n) is 3.79. The molecule has 0 aliphatic heterocycles. The predicted molar refractivity (Wildman–Crippen MR) is 81.9 cm³/mol. The van der Waals surface area contributed by atoms with Gasteiger partial charge in [0, 0.05) is 17.1 Å². The fraction of sp³-hybridized carbons (Fsp3) is 0.417. The highest BCUT2D eigenvalue weighted by atomic mass is 79.9. The Balaban J connectivity index is 0.00000289. The van der Waals surface area contributed by atoms with Crippen LogP contribution in [0.4, 0.5) is 0 Å². The second kappa shape index (κ2) is 8.75. The third kappa shape index (κ3) is 5.57. The number of amides is 1. The summed E-state index contributed by atoms with van der Waals surface area (Å²) in [4.78, 5) is 11.8. The zero-order valence-corrected chi connectivity index (χ0v) is 13.5. The summed E-state index contributed by atoms with van der Waals surface area (Å²) >= 11 is 9.30. The largest absolute Gasteiger partial charge is 0.350 e. The Bertz CT molecular complexity index is 402. The second-order valence-corrected chi connectivity index (χ2v) is 5.12. The van der Waals surface area contributed by atoms with Gasteiger partial charge in [-0.05, 0) is 31.7 Å². The van der Waals surface area contributed by atoms with Crippen molar-refractivity contribution in [3.05, 3.63) is 33.3 Å². The van der Waals surface area contributed by atoms with Gasteiger partial charge in [0.25, 0.3) is 5.91 Å². The Morgan fingerprint density at radius 1 is 1.50 bits per heavy atom. The minimum atomic E-state index is -0.146. The molecule has 1 amide bonds. The standard InChI is InChI=1S/C12H16BrClN2O.ClH/c1-3-15-8(2)7-16-12(17)10-5-4-9(13)6-11(10)14;/h4-6,8,15H,3,7H2,1-2H3,(H,16,17);1H/t8-;/m1./s1. The van der Waals surface area contributed by atoms with Crippen LogP contribution in [0.5, 0.6) is 0 Å². The van der Waals surface area contributed by atoms with Crippen LogP contribution < -0.4 is 10.6 Å². The first-order valence-electron chi connectivity index (χ1n) is 5.51. The van der Waals surface area contributed by atoms with E-state index >= 15 is 0 Å². The molecule has 3 nitrogen and oxygen atoms in total. The van der Waals surface area contributed by atoms with Crippen LogP contribution in [0.3, 0.4) is 0 Å². The van der Waals surface area contributed by atoms with Crippen LogP contribution in [0.1, 0.15) is 24.2 Å². The molecular weight excluding hydrogens is 339 g/mol. The average molecular weight is 356 g/mol. The van der Waals surface area contributed by atoms with Crippen LogP contribution in [0.25, 0.3) is 0 Å². The van der Waals surface area contributed by atoms with Gasteiger partial charge in [-0.2, -0.15) is 0 Å². The van der Waals surface area contributed by atoms with E-state index in [-0.39, 0.29) is 24.4 Å². The molecule has 6 heteroatoms.